The van der Waals surface area contributed by atoms with Crippen LogP contribution in [0.1, 0.15) is 60.8 Å². The van der Waals surface area contributed by atoms with E-state index in [2.05, 4.69) is 16.1 Å². The average Bonchev–Trinajstić information content (AvgIpc) is 3.14. The third-order valence-corrected chi connectivity index (χ3v) is 5.61. The third kappa shape index (κ3) is 3.71. The highest BCUT2D eigenvalue weighted by atomic mass is 16.5. The molecule has 1 aliphatic carbocycles. The van der Waals surface area contributed by atoms with Crippen LogP contribution in [0.4, 0.5) is 0 Å². The monoisotopic (exact) mass is 345 g/mol. The van der Waals surface area contributed by atoms with Gasteiger partial charge in [0.05, 0.1) is 13.2 Å². The normalized spacial score (nSPS) is 28.6. The summed E-state index contributed by atoms with van der Waals surface area (Å²) in [6.45, 7) is 4.53. The Bertz CT molecular complexity index is 628. The third-order valence-electron chi connectivity index (χ3n) is 5.61. The van der Waals surface area contributed by atoms with Crippen LogP contribution in [0, 0.1) is 0 Å². The van der Waals surface area contributed by atoms with Crippen molar-refractivity contribution < 1.29 is 14.3 Å². The van der Waals surface area contributed by atoms with Gasteiger partial charge in [0.1, 0.15) is 11.9 Å². The molecule has 3 aliphatic rings. The number of allylic oxidation sites excluding steroid dienone is 1. The molecule has 2 aliphatic heterocycles. The van der Waals surface area contributed by atoms with Crippen LogP contribution in [0.5, 0.6) is 0 Å². The maximum atomic E-state index is 11.5. The lowest BCUT2D eigenvalue weighted by molar-refractivity contribution is -0.0395. The quantitative estimate of drug-likeness (QED) is 0.785. The van der Waals surface area contributed by atoms with Crippen molar-refractivity contribution in [2.75, 3.05) is 32.9 Å². The highest BCUT2D eigenvalue weighted by Crippen LogP contribution is 2.32. The number of aromatic nitrogens is 2. The molecular weight excluding hydrogens is 318 g/mol. The zero-order valence-electron chi connectivity index (χ0n) is 14.7. The molecule has 1 aromatic rings. The summed E-state index contributed by atoms with van der Waals surface area (Å²) in [4.78, 5) is 14.1. The standard InChI is InChI=1S/C19H27N3O3/c23-14-18-17(13-22(20-18)19-3-1-2-10-25-19)15-4-6-16(7-5-15)21-8-11-24-12-9-21/h4,13-14,16,19H,1-3,5-12H2. The number of morpholine rings is 1. The largest absolute Gasteiger partial charge is 0.379 e. The molecule has 0 amide bonds. The van der Waals surface area contributed by atoms with E-state index >= 15 is 0 Å². The van der Waals surface area contributed by atoms with Crippen molar-refractivity contribution in [1.29, 1.82) is 0 Å². The Hall–Kier alpha value is -1.50. The van der Waals surface area contributed by atoms with E-state index in [1.54, 1.807) is 0 Å². The van der Waals surface area contributed by atoms with Crippen LogP contribution < -0.4 is 0 Å². The summed E-state index contributed by atoms with van der Waals surface area (Å²) in [6.07, 6.45) is 11.6. The second-order valence-electron chi connectivity index (χ2n) is 7.15. The van der Waals surface area contributed by atoms with Crippen molar-refractivity contribution in [2.45, 2.75) is 50.8 Å². The smallest absolute Gasteiger partial charge is 0.170 e. The molecule has 4 rings (SSSR count). The maximum absolute atomic E-state index is 11.5. The zero-order chi connectivity index (χ0) is 17.1. The molecule has 136 valence electrons. The molecule has 0 spiro atoms. The fourth-order valence-corrected chi connectivity index (χ4v) is 4.16. The van der Waals surface area contributed by atoms with Crippen molar-refractivity contribution in [1.82, 2.24) is 14.7 Å². The molecular formula is C19H27N3O3. The fourth-order valence-electron chi connectivity index (χ4n) is 4.16. The van der Waals surface area contributed by atoms with Gasteiger partial charge in [0.2, 0.25) is 0 Å². The van der Waals surface area contributed by atoms with E-state index in [-0.39, 0.29) is 6.23 Å². The van der Waals surface area contributed by atoms with Gasteiger partial charge in [0, 0.05) is 37.5 Å². The Kier molecular flexibility index (Phi) is 5.29. The van der Waals surface area contributed by atoms with Crippen molar-refractivity contribution >= 4 is 11.9 Å². The van der Waals surface area contributed by atoms with Crippen LogP contribution >= 0.6 is 0 Å². The van der Waals surface area contributed by atoms with E-state index in [9.17, 15) is 4.79 Å². The predicted octanol–water partition coefficient (Wildman–Crippen LogP) is 2.66. The van der Waals surface area contributed by atoms with Gasteiger partial charge in [0.25, 0.3) is 0 Å². The van der Waals surface area contributed by atoms with Crippen molar-refractivity contribution in [3.8, 4) is 0 Å². The minimum Gasteiger partial charge on any atom is -0.379 e. The topological polar surface area (TPSA) is 56.6 Å². The average molecular weight is 345 g/mol. The van der Waals surface area contributed by atoms with Gasteiger partial charge in [-0.3, -0.25) is 9.69 Å². The number of hydrogen-bond donors (Lipinski definition) is 0. The summed E-state index contributed by atoms with van der Waals surface area (Å²) < 4.78 is 13.1. The summed E-state index contributed by atoms with van der Waals surface area (Å²) >= 11 is 0. The van der Waals surface area contributed by atoms with E-state index < -0.39 is 0 Å². The first-order valence-electron chi connectivity index (χ1n) is 9.52. The highest BCUT2D eigenvalue weighted by molar-refractivity contribution is 5.83. The Balaban J connectivity index is 1.48. The summed E-state index contributed by atoms with van der Waals surface area (Å²) in [5, 5.41) is 4.49. The second kappa shape index (κ2) is 7.81. The fraction of sp³-hybridized carbons (Fsp3) is 0.684. The molecule has 0 N–H and O–H groups in total. The van der Waals surface area contributed by atoms with Gasteiger partial charge in [-0.15, -0.1) is 0 Å². The van der Waals surface area contributed by atoms with Crippen molar-refractivity contribution in [3.05, 3.63) is 23.5 Å². The Morgan fingerprint density at radius 3 is 2.72 bits per heavy atom. The number of ether oxygens (including phenoxy) is 2. The predicted molar refractivity (Wildman–Crippen MR) is 94.5 cm³/mol. The number of nitrogens with zero attached hydrogens (tertiary/aromatic N) is 3. The van der Waals surface area contributed by atoms with Gasteiger partial charge in [-0.1, -0.05) is 6.08 Å². The first-order valence-corrected chi connectivity index (χ1v) is 9.52. The molecule has 3 heterocycles. The van der Waals surface area contributed by atoms with Gasteiger partial charge in [0.15, 0.2) is 6.29 Å². The summed E-state index contributed by atoms with van der Waals surface area (Å²) in [5.74, 6) is 0. The number of carbonyl (C=O) groups excluding carboxylic acids is 1. The van der Waals surface area contributed by atoms with E-state index in [0.29, 0.717) is 11.7 Å². The van der Waals surface area contributed by atoms with Gasteiger partial charge in [-0.25, -0.2) is 4.68 Å². The highest BCUT2D eigenvalue weighted by Gasteiger charge is 2.26. The lowest BCUT2D eigenvalue weighted by Crippen LogP contribution is -2.43. The number of hydrogen-bond acceptors (Lipinski definition) is 5. The lowest BCUT2D eigenvalue weighted by Gasteiger charge is -2.36. The van der Waals surface area contributed by atoms with Gasteiger partial charge < -0.3 is 9.47 Å². The van der Waals surface area contributed by atoms with Crippen LogP contribution in [0.2, 0.25) is 0 Å². The molecule has 0 bridgehead atoms. The molecule has 0 saturated carbocycles. The molecule has 0 aromatic carbocycles. The summed E-state index contributed by atoms with van der Waals surface area (Å²) in [5.41, 5.74) is 2.79. The molecule has 2 fully saturated rings. The molecule has 2 saturated heterocycles. The molecule has 1 aromatic heterocycles. The molecule has 6 nitrogen and oxygen atoms in total. The van der Waals surface area contributed by atoms with Crippen LogP contribution in [0.3, 0.4) is 0 Å². The number of carbonyl (C=O) groups is 1. The second-order valence-corrected chi connectivity index (χ2v) is 7.15. The van der Waals surface area contributed by atoms with Crippen LogP contribution in [-0.4, -0.2) is 59.9 Å². The first-order chi connectivity index (χ1) is 12.3. The van der Waals surface area contributed by atoms with Gasteiger partial charge >= 0.3 is 0 Å². The number of aldehydes is 1. The summed E-state index contributed by atoms with van der Waals surface area (Å²) in [7, 11) is 0. The SMILES string of the molecule is O=Cc1nn(C2CCCCO2)cc1C1=CCC(N2CCOCC2)CC1. The summed E-state index contributed by atoms with van der Waals surface area (Å²) in [6, 6.07) is 0.601. The van der Waals surface area contributed by atoms with Crippen molar-refractivity contribution in [3.63, 3.8) is 0 Å². The maximum Gasteiger partial charge on any atom is 0.170 e. The van der Waals surface area contributed by atoms with Gasteiger partial charge in [-0.2, -0.15) is 5.10 Å². The van der Waals surface area contributed by atoms with Crippen LogP contribution in [0.15, 0.2) is 12.3 Å². The minimum atomic E-state index is -0.0218. The minimum absolute atomic E-state index is 0.0218. The Morgan fingerprint density at radius 1 is 1.16 bits per heavy atom. The lowest BCUT2D eigenvalue weighted by atomic mass is 9.90. The van der Waals surface area contributed by atoms with Crippen LogP contribution in [0.25, 0.3) is 5.57 Å². The Morgan fingerprint density at radius 2 is 2.04 bits per heavy atom. The first kappa shape index (κ1) is 16.9. The van der Waals surface area contributed by atoms with Gasteiger partial charge in [-0.05, 0) is 44.1 Å². The molecule has 25 heavy (non-hydrogen) atoms. The van der Waals surface area contributed by atoms with Crippen molar-refractivity contribution in [2.24, 2.45) is 0 Å². The number of rotatable bonds is 4. The zero-order valence-corrected chi connectivity index (χ0v) is 14.7. The van der Waals surface area contributed by atoms with E-state index in [4.69, 9.17) is 9.47 Å². The molecule has 2 atom stereocenters. The molecule has 0 radical (unpaired) electrons. The molecule has 2 unspecified atom stereocenters. The van der Waals surface area contributed by atoms with Crippen LogP contribution in [-0.2, 0) is 9.47 Å². The van der Waals surface area contributed by atoms with E-state index in [0.717, 1.165) is 83.3 Å². The van der Waals surface area contributed by atoms with E-state index in [1.807, 2.05) is 10.9 Å². The molecule has 6 heteroatoms. The van der Waals surface area contributed by atoms with E-state index in [1.165, 1.54) is 5.57 Å². The Labute approximate surface area is 148 Å².